The van der Waals surface area contributed by atoms with E-state index in [1.54, 1.807) is 0 Å². The number of hydrogen-bond donors (Lipinski definition) is 0. The van der Waals surface area contributed by atoms with Gasteiger partial charge in [0.05, 0.1) is 0 Å². The lowest BCUT2D eigenvalue weighted by molar-refractivity contribution is -0.174. The zero-order chi connectivity index (χ0) is 22.1. The van der Waals surface area contributed by atoms with Gasteiger partial charge in [-0.25, -0.2) is 0 Å². The molecule has 0 aromatic heterocycles. The minimum Gasteiger partial charge on any atom is -0.489 e. The van der Waals surface area contributed by atoms with Gasteiger partial charge in [0.15, 0.2) is 0 Å². The van der Waals surface area contributed by atoms with E-state index < -0.39 is 12.8 Å². The van der Waals surface area contributed by atoms with Crippen LogP contribution in [0.5, 0.6) is 5.75 Å². The van der Waals surface area contributed by atoms with Crippen molar-refractivity contribution < 1.29 is 27.4 Å². The van der Waals surface area contributed by atoms with Gasteiger partial charge in [-0.2, -0.15) is 13.2 Å². The van der Waals surface area contributed by atoms with Gasteiger partial charge in [0.25, 0.3) is 5.91 Å². The summed E-state index contributed by atoms with van der Waals surface area (Å²) in [4.78, 5) is 17.0. The Balaban J connectivity index is 1.45. The third-order valence-electron chi connectivity index (χ3n) is 5.07. The Morgan fingerprint density at radius 1 is 0.935 bits per heavy atom. The Morgan fingerprint density at radius 2 is 1.61 bits per heavy atom. The lowest BCUT2D eigenvalue weighted by Crippen LogP contribution is -2.49. The summed E-state index contributed by atoms with van der Waals surface area (Å²) in [6.07, 6.45) is -3.75. The van der Waals surface area contributed by atoms with Crippen LogP contribution in [0.25, 0.3) is 0 Å². The molecule has 8 heteroatoms. The molecule has 0 atom stereocenters. The van der Waals surface area contributed by atoms with Crippen molar-refractivity contribution in [2.75, 3.05) is 45.9 Å². The van der Waals surface area contributed by atoms with E-state index >= 15 is 0 Å². The second kappa shape index (κ2) is 11.2. The van der Waals surface area contributed by atoms with Gasteiger partial charge < -0.3 is 14.4 Å². The van der Waals surface area contributed by atoms with Crippen molar-refractivity contribution in [3.8, 4) is 5.75 Å². The van der Waals surface area contributed by atoms with E-state index in [1.165, 1.54) is 0 Å². The van der Waals surface area contributed by atoms with Gasteiger partial charge in [-0.15, -0.1) is 0 Å². The van der Waals surface area contributed by atoms with E-state index in [0.717, 1.165) is 11.3 Å². The Morgan fingerprint density at radius 3 is 2.32 bits per heavy atom. The van der Waals surface area contributed by atoms with Crippen LogP contribution in [-0.4, -0.2) is 67.8 Å². The van der Waals surface area contributed by atoms with Gasteiger partial charge in [-0.1, -0.05) is 36.4 Å². The van der Waals surface area contributed by atoms with Gasteiger partial charge in [-0.05, 0) is 24.6 Å². The molecular weight excluding hydrogens is 409 g/mol. The first-order valence-electron chi connectivity index (χ1n) is 10.3. The molecule has 2 aromatic rings. The van der Waals surface area contributed by atoms with Crippen molar-refractivity contribution in [3.63, 3.8) is 0 Å². The van der Waals surface area contributed by atoms with Gasteiger partial charge in [0.1, 0.15) is 19.0 Å². The monoisotopic (exact) mass is 436 g/mol. The minimum atomic E-state index is -4.28. The number of piperazine rings is 1. The topological polar surface area (TPSA) is 42.0 Å². The fourth-order valence-corrected chi connectivity index (χ4v) is 3.46. The Labute approximate surface area is 180 Å². The summed E-state index contributed by atoms with van der Waals surface area (Å²) >= 11 is 0. The van der Waals surface area contributed by atoms with E-state index in [9.17, 15) is 18.0 Å². The fraction of sp³-hybridized carbons (Fsp3) is 0.435. The number of alkyl halides is 3. The van der Waals surface area contributed by atoms with Crippen LogP contribution in [-0.2, 0) is 11.3 Å². The van der Waals surface area contributed by atoms with Crippen LogP contribution in [0.2, 0.25) is 0 Å². The van der Waals surface area contributed by atoms with Crippen molar-refractivity contribution in [1.82, 2.24) is 9.80 Å². The summed E-state index contributed by atoms with van der Waals surface area (Å²) in [6, 6.07) is 16.9. The maximum Gasteiger partial charge on any atom is 0.411 e. The second-order valence-corrected chi connectivity index (χ2v) is 7.41. The molecule has 1 aliphatic rings. The summed E-state index contributed by atoms with van der Waals surface area (Å²) in [5.41, 5.74) is 1.47. The molecule has 0 bridgehead atoms. The molecule has 168 valence electrons. The van der Waals surface area contributed by atoms with E-state index in [4.69, 9.17) is 4.74 Å². The third kappa shape index (κ3) is 7.56. The van der Waals surface area contributed by atoms with Gasteiger partial charge in [0.2, 0.25) is 0 Å². The van der Waals surface area contributed by atoms with Gasteiger partial charge in [-0.3, -0.25) is 9.69 Å². The Bertz CT molecular complexity index is 822. The van der Waals surface area contributed by atoms with Crippen LogP contribution in [0.15, 0.2) is 54.6 Å². The number of carbonyl (C=O) groups is 1. The SMILES string of the molecule is O=C(c1ccccc1COc1ccccc1)N1CCN(CCCOCC(F)(F)F)CC1. The largest absolute Gasteiger partial charge is 0.489 e. The first kappa shape index (κ1) is 23.1. The molecule has 31 heavy (non-hydrogen) atoms. The molecule has 0 N–H and O–H groups in total. The molecule has 0 aliphatic carbocycles. The molecule has 1 aliphatic heterocycles. The van der Waals surface area contributed by atoms with Gasteiger partial charge in [0, 0.05) is 50.5 Å². The summed E-state index contributed by atoms with van der Waals surface area (Å²) in [5.74, 6) is 0.720. The highest BCUT2D eigenvalue weighted by atomic mass is 19.4. The standard InChI is InChI=1S/C23H27F3N2O3/c24-23(25,26)18-30-16-6-11-27-12-14-28(15-13-27)22(29)21-10-5-4-7-19(21)17-31-20-8-2-1-3-9-20/h1-5,7-10H,6,11-18H2. The minimum absolute atomic E-state index is 0.0274. The smallest absolute Gasteiger partial charge is 0.411 e. The number of rotatable bonds is 9. The van der Waals surface area contributed by atoms with Gasteiger partial charge >= 0.3 is 6.18 Å². The number of benzene rings is 2. The summed E-state index contributed by atoms with van der Waals surface area (Å²) < 4.78 is 46.7. The van der Waals surface area contributed by atoms with Crippen LogP contribution in [0.3, 0.4) is 0 Å². The summed E-state index contributed by atoms with van der Waals surface area (Å²) in [5, 5.41) is 0. The van der Waals surface area contributed by atoms with Crippen LogP contribution in [0, 0.1) is 0 Å². The molecule has 0 spiro atoms. The molecule has 2 aromatic carbocycles. The van der Waals surface area contributed by atoms with Crippen molar-refractivity contribution in [2.45, 2.75) is 19.2 Å². The number of amides is 1. The van der Waals surface area contributed by atoms with E-state index in [0.29, 0.717) is 51.3 Å². The molecular formula is C23H27F3N2O3. The first-order chi connectivity index (χ1) is 14.9. The molecule has 1 saturated heterocycles. The average Bonchev–Trinajstić information content (AvgIpc) is 2.77. The number of halogens is 3. The lowest BCUT2D eigenvalue weighted by atomic mass is 10.1. The van der Waals surface area contributed by atoms with E-state index in [2.05, 4.69) is 9.64 Å². The molecule has 1 amide bonds. The predicted molar refractivity (Wildman–Crippen MR) is 111 cm³/mol. The summed E-state index contributed by atoms with van der Waals surface area (Å²) in [7, 11) is 0. The number of hydrogen-bond acceptors (Lipinski definition) is 4. The number of ether oxygens (including phenoxy) is 2. The van der Waals surface area contributed by atoms with Crippen molar-refractivity contribution in [1.29, 1.82) is 0 Å². The highest BCUT2D eigenvalue weighted by Crippen LogP contribution is 2.18. The van der Waals surface area contributed by atoms with Crippen LogP contribution in [0.4, 0.5) is 13.2 Å². The normalized spacial score (nSPS) is 15.1. The first-order valence-corrected chi connectivity index (χ1v) is 10.3. The maximum atomic E-state index is 13.1. The second-order valence-electron chi connectivity index (χ2n) is 7.41. The van der Waals surface area contributed by atoms with Crippen LogP contribution < -0.4 is 4.74 Å². The Kier molecular flexibility index (Phi) is 8.31. The Hall–Kier alpha value is -2.58. The zero-order valence-electron chi connectivity index (χ0n) is 17.3. The maximum absolute atomic E-state index is 13.1. The highest BCUT2D eigenvalue weighted by Gasteiger charge is 2.27. The summed E-state index contributed by atoms with van der Waals surface area (Å²) in [6.45, 7) is 2.37. The number of carbonyl (C=O) groups excluding carboxylic acids is 1. The van der Waals surface area contributed by atoms with E-state index in [-0.39, 0.29) is 12.5 Å². The van der Waals surface area contributed by atoms with Crippen molar-refractivity contribution in [3.05, 3.63) is 65.7 Å². The zero-order valence-corrected chi connectivity index (χ0v) is 17.3. The number of para-hydroxylation sites is 1. The molecule has 0 saturated carbocycles. The van der Waals surface area contributed by atoms with Crippen LogP contribution >= 0.6 is 0 Å². The fourth-order valence-electron chi connectivity index (χ4n) is 3.46. The van der Waals surface area contributed by atoms with E-state index in [1.807, 2.05) is 59.5 Å². The van der Waals surface area contributed by atoms with Crippen molar-refractivity contribution in [2.24, 2.45) is 0 Å². The predicted octanol–water partition coefficient (Wildman–Crippen LogP) is 3.99. The van der Waals surface area contributed by atoms with Crippen LogP contribution in [0.1, 0.15) is 22.3 Å². The quantitative estimate of drug-likeness (QED) is 0.558. The number of nitrogens with zero attached hydrogens (tertiary/aromatic N) is 2. The third-order valence-corrected chi connectivity index (χ3v) is 5.07. The molecule has 0 radical (unpaired) electrons. The average molecular weight is 436 g/mol. The lowest BCUT2D eigenvalue weighted by Gasteiger charge is -2.35. The molecule has 5 nitrogen and oxygen atoms in total. The van der Waals surface area contributed by atoms with Crippen molar-refractivity contribution >= 4 is 5.91 Å². The highest BCUT2D eigenvalue weighted by molar-refractivity contribution is 5.95. The molecule has 1 fully saturated rings. The molecule has 1 heterocycles. The molecule has 3 rings (SSSR count). The molecule has 0 unspecified atom stereocenters.